The number of alkyl halides is 3. The number of anilines is 1. The van der Waals surface area contributed by atoms with Crippen LogP contribution in [0.4, 0.5) is 27.6 Å². The number of carboxylic acids is 1. The minimum atomic E-state index is -4.79. The number of rotatable bonds is 6. The molecule has 13 heteroatoms. The maximum Gasteiger partial charge on any atom is 0.416 e. The summed E-state index contributed by atoms with van der Waals surface area (Å²) < 4.78 is 103. The number of sulfonamides is 1. The molecule has 41 heavy (non-hydrogen) atoms. The van der Waals surface area contributed by atoms with Crippen LogP contribution in [-0.2, 0) is 21.0 Å². The van der Waals surface area contributed by atoms with Crippen molar-refractivity contribution in [2.24, 2.45) is 11.3 Å². The topological polar surface area (TPSA) is 83.9 Å². The number of carboxylic acid groups (broad SMARTS) is 1. The van der Waals surface area contributed by atoms with E-state index in [9.17, 15) is 40.3 Å². The van der Waals surface area contributed by atoms with Gasteiger partial charge in [0.1, 0.15) is 23.5 Å². The third kappa shape index (κ3) is 5.46. The molecule has 0 radical (unpaired) electrons. The second-order valence-electron chi connectivity index (χ2n) is 10.6. The largest absolute Gasteiger partial charge is 0.486 e. The van der Waals surface area contributed by atoms with Crippen LogP contribution >= 0.6 is 11.6 Å². The van der Waals surface area contributed by atoms with Crippen molar-refractivity contribution in [2.45, 2.75) is 43.4 Å². The summed E-state index contributed by atoms with van der Waals surface area (Å²) in [5, 5.41) is 9.02. The van der Waals surface area contributed by atoms with Crippen LogP contribution < -0.4 is 9.04 Å². The van der Waals surface area contributed by atoms with Crippen LogP contribution in [0.3, 0.4) is 0 Å². The van der Waals surface area contributed by atoms with Gasteiger partial charge in [0.2, 0.25) is 0 Å². The number of hydrogen-bond acceptors (Lipinski definition) is 4. The normalized spacial score (nSPS) is 22.5. The summed E-state index contributed by atoms with van der Waals surface area (Å²) in [4.78, 5) is 10.9. The molecule has 5 rings (SSSR count). The first kappa shape index (κ1) is 29.1. The molecule has 218 valence electrons. The molecule has 1 atom stereocenters. The molecule has 1 N–H and O–H groups in total. The Kier molecular flexibility index (Phi) is 7.22. The summed E-state index contributed by atoms with van der Waals surface area (Å²) in [6, 6.07) is 9.01. The summed E-state index contributed by atoms with van der Waals surface area (Å²) in [6.45, 7) is 1.33. The van der Waals surface area contributed by atoms with Crippen molar-refractivity contribution in [2.75, 3.05) is 10.8 Å². The molecule has 0 spiro atoms. The summed E-state index contributed by atoms with van der Waals surface area (Å²) in [5.74, 6) is -2.88. The molecule has 1 heterocycles. The standard InChI is InChI=1S/C28H23ClF5NO5S/c1-27(26(36)37)12-15(13-27)7-19-14-35(41(38,39)20-4-2-3-17(9-20)28(32,33)34)23-8-16(5-6-24(23)40-19)21-10-18(30)11-22(31)25(21)29/h2-6,8-11,15,19H,7,12-14H2,1H3,(H,36,37). The van der Waals surface area contributed by atoms with Gasteiger partial charge in [-0.1, -0.05) is 23.7 Å². The van der Waals surface area contributed by atoms with Gasteiger partial charge in [0.15, 0.2) is 0 Å². The summed E-state index contributed by atoms with van der Waals surface area (Å²) in [6.07, 6.45) is -4.51. The van der Waals surface area contributed by atoms with Crippen molar-refractivity contribution in [3.05, 3.63) is 76.8 Å². The zero-order valence-corrected chi connectivity index (χ0v) is 23.0. The lowest BCUT2D eigenvalue weighted by atomic mass is 9.61. The van der Waals surface area contributed by atoms with E-state index in [1.165, 1.54) is 18.2 Å². The number of ether oxygens (including phenoxy) is 1. The molecule has 0 aromatic heterocycles. The molecule has 0 bridgehead atoms. The van der Waals surface area contributed by atoms with Gasteiger partial charge in [-0.05, 0) is 74.1 Å². The Morgan fingerprint density at radius 1 is 1.12 bits per heavy atom. The van der Waals surface area contributed by atoms with Crippen LogP contribution in [0, 0.1) is 23.0 Å². The molecule has 0 amide bonds. The average molecular weight is 616 g/mol. The lowest BCUT2D eigenvalue weighted by molar-refractivity contribution is -0.157. The summed E-state index contributed by atoms with van der Waals surface area (Å²) in [5.41, 5.74) is -2.01. The molecule has 1 aliphatic heterocycles. The molecular weight excluding hydrogens is 593 g/mol. The lowest BCUT2D eigenvalue weighted by Crippen LogP contribution is -2.47. The molecule has 3 aromatic rings. The average Bonchev–Trinajstić information content (AvgIpc) is 2.88. The van der Waals surface area contributed by atoms with E-state index in [0.29, 0.717) is 31.4 Å². The fraction of sp³-hybridized carbons (Fsp3) is 0.321. The van der Waals surface area contributed by atoms with Gasteiger partial charge in [0, 0.05) is 11.6 Å². The van der Waals surface area contributed by atoms with E-state index in [4.69, 9.17) is 16.3 Å². The lowest BCUT2D eigenvalue weighted by Gasteiger charge is -2.44. The second kappa shape index (κ2) is 10.2. The fourth-order valence-corrected chi connectivity index (χ4v) is 7.25. The maximum atomic E-state index is 14.2. The number of nitrogens with zero attached hydrogens (tertiary/aromatic N) is 1. The quantitative estimate of drug-likeness (QED) is 0.235. The van der Waals surface area contributed by atoms with Crippen molar-refractivity contribution in [1.82, 2.24) is 0 Å². The van der Waals surface area contributed by atoms with Gasteiger partial charge in [-0.3, -0.25) is 9.10 Å². The van der Waals surface area contributed by atoms with Crippen LogP contribution in [0.15, 0.2) is 59.5 Å². The Hall–Kier alpha value is -3.38. The Bertz CT molecular complexity index is 1640. The third-order valence-corrected chi connectivity index (χ3v) is 9.69. The molecule has 1 fully saturated rings. The SMILES string of the molecule is CC1(C(=O)O)CC(CC2CN(S(=O)(=O)c3cccc(C(F)(F)F)c3)c3cc(-c4cc(F)cc(F)c4Cl)ccc3O2)C1. The molecule has 6 nitrogen and oxygen atoms in total. The maximum absolute atomic E-state index is 14.2. The Morgan fingerprint density at radius 2 is 1.83 bits per heavy atom. The van der Waals surface area contributed by atoms with Crippen molar-refractivity contribution in [3.63, 3.8) is 0 Å². The second-order valence-corrected chi connectivity index (χ2v) is 12.8. The smallest absolute Gasteiger partial charge is 0.416 e. The third-order valence-electron chi connectivity index (χ3n) is 7.54. The summed E-state index contributed by atoms with van der Waals surface area (Å²) in [7, 11) is -4.60. The van der Waals surface area contributed by atoms with E-state index in [1.54, 1.807) is 6.92 Å². The van der Waals surface area contributed by atoms with Crippen molar-refractivity contribution >= 4 is 33.3 Å². The van der Waals surface area contributed by atoms with Crippen molar-refractivity contribution < 1.29 is 45.0 Å². The van der Waals surface area contributed by atoms with Crippen LogP contribution in [0.1, 0.15) is 31.7 Å². The number of carbonyl (C=O) groups is 1. The number of hydrogen-bond donors (Lipinski definition) is 1. The van der Waals surface area contributed by atoms with Gasteiger partial charge in [-0.2, -0.15) is 13.2 Å². The highest BCUT2D eigenvalue weighted by Gasteiger charge is 2.48. The zero-order chi connectivity index (χ0) is 29.9. The molecule has 3 aromatic carbocycles. The predicted octanol–water partition coefficient (Wildman–Crippen LogP) is 7.15. The molecule has 1 aliphatic carbocycles. The van der Waals surface area contributed by atoms with Gasteiger partial charge in [0.25, 0.3) is 10.0 Å². The highest BCUT2D eigenvalue weighted by atomic mass is 35.5. The molecule has 1 saturated carbocycles. The molecule has 1 unspecified atom stereocenters. The minimum Gasteiger partial charge on any atom is -0.486 e. The summed E-state index contributed by atoms with van der Waals surface area (Å²) >= 11 is 6.06. The van der Waals surface area contributed by atoms with Crippen molar-refractivity contribution in [3.8, 4) is 16.9 Å². The monoisotopic (exact) mass is 615 g/mol. The first-order chi connectivity index (χ1) is 19.1. The van der Waals surface area contributed by atoms with Gasteiger partial charge >= 0.3 is 12.1 Å². The van der Waals surface area contributed by atoms with Crippen LogP contribution in [0.5, 0.6) is 5.75 Å². The first-order valence-corrected chi connectivity index (χ1v) is 14.3. The van der Waals surface area contributed by atoms with Gasteiger partial charge in [-0.15, -0.1) is 0 Å². The van der Waals surface area contributed by atoms with E-state index in [1.807, 2.05) is 0 Å². The van der Waals surface area contributed by atoms with Crippen LogP contribution in [0.25, 0.3) is 11.1 Å². The van der Waals surface area contributed by atoms with Gasteiger partial charge in [0.05, 0.1) is 33.1 Å². The van der Waals surface area contributed by atoms with E-state index >= 15 is 0 Å². The van der Waals surface area contributed by atoms with E-state index < -0.39 is 60.8 Å². The Labute approximate surface area is 237 Å². The molecule has 2 aliphatic rings. The Morgan fingerprint density at radius 3 is 2.49 bits per heavy atom. The number of fused-ring (bicyclic) bond motifs is 1. The first-order valence-electron chi connectivity index (χ1n) is 12.5. The number of halogens is 6. The van der Waals surface area contributed by atoms with E-state index in [0.717, 1.165) is 28.6 Å². The molecule has 0 saturated heterocycles. The van der Waals surface area contributed by atoms with Crippen LogP contribution in [-0.4, -0.2) is 32.1 Å². The minimum absolute atomic E-state index is 0.0547. The number of aliphatic carboxylic acids is 1. The predicted molar refractivity (Wildman–Crippen MR) is 140 cm³/mol. The van der Waals surface area contributed by atoms with Gasteiger partial charge in [-0.25, -0.2) is 17.2 Å². The zero-order valence-electron chi connectivity index (χ0n) is 21.4. The van der Waals surface area contributed by atoms with Crippen LogP contribution in [0.2, 0.25) is 5.02 Å². The van der Waals surface area contributed by atoms with E-state index in [-0.39, 0.29) is 35.0 Å². The Balaban J connectivity index is 1.56. The highest BCUT2D eigenvalue weighted by Crippen LogP contribution is 2.49. The highest BCUT2D eigenvalue weighted by molar-refractivity contribution is 7.92. The number of benzene rings is 3. The molecular formula is C28H23ClF5NO5S. The van der Waals surface area contributed by atoms with E-state index in [2.05, 4.69) is 0 Å². The van der Waals surface area contributed by atoms with Gasteiger partial charge < -0.3 is 9.84 Å². The fourth-order valence-electron chi connectivity index (χ4n) is 5.48. The van der Waals surface area contributed by atoms with Crippen molar-refractivity contribution in [1.29, 1.82) is 0 Å².